The fraction of sp³-hybridized carbons (Fsp3) is 1.00. The molecule has 0 aromatic carbocycles. The van der Waals surface area contributed by atoms with E-state index in [-0.39, 0.29) is 0 Å². The Morgan fingerprint density at radius 2 is 1.29 bits per heavy atom. The molecule has 0 amide bonds. The minimum atomic E-state index is 0.841. The third-order valence-corrected chi connectivity index (χ3v) is 5.16. The molecular formula is C17H34. The molecule has 0 radical (unpaired) electrons. The van der Waals surface area contributed by atoms with E-state index in [4.69, 9.17) is 0 Å². The summed E-state index contributed by atoms with van der Waals surface area (Å²) in [6.07, 6.45) is 10.5. The van der Waals surface area contributed by atoms with Crippen molar-refractivity contribution in [1.29, 1.82) is 0 Å². The van der Waals surface area contributed by atoms with Gasteiger partial charge in [-0.2, -0.15) is 0 Å². The standard InChI is InChI=1S/C17H34/c1-13(2)15(5)17(14(3)4)12-16-10-8-6-7-9-11-16/h13-17H,6-12H2,1-5H3. The van der Waals surface area contributed by atoms with Crippen LogP contribution in [0.4, 0.5) is 0 Å². The van der Waals surface area contributed by atoms with Crippen LogP contribution in [0.5, 0.6) is 0 Å². The van der Waals surface area contributed by atoms with E-state index < -0.39 is 0 Å². The Morgan fingerprint density at radius 1 is 0.765 bits per heavy atom. The summed E-state index contributed by atoms with van der Waals surface area (Å²) in [7, 11) is 0. The Hall–Kier alpha value is 0. The minimum absolute atomic E-state index is 0.841. The normalized spacial score (nSPS) is 22.8. The van der Waals surface area contributed by atoms with Crippen LogP contribution in [0.3, 0.4) is 0 Å². The summed E-state index contributed by atoms with van der Waals surface area (Å²) in [6, 6.07) is 0. The summed E-state index contributed by atoms with van der Waals surface area (Å²) in [4.78, 5) is 0. The van der Waals surface area contributed by atoms with Gasteiger partial charge in [-0.25, -0.2) is 0 Å². The zero-order chi connectivity index (χ0) is 12.8. The number of hydrogen-bond donors (Lipinski definition) is 0. The molecule has 102 valence electrons. The van der Waals surface area contributed by atoms with Crippen LogP contribution in [-0.4, -0.2) is 0 Å². The number of hydrogen-bond acceptors (Lipinski definition) is 0. The average molecular weight is 238 g/mol. The molecule has 1 aliphatic carbocycles. The zero-order valence-electron chi connectivity index (χ0n) is 12.8. The van der Waals surface area contributed by atoms with Gasteiger partial charge in [0, 0.05) is 0 Å². The van der Waals surface area contributed by atoms with Gasteiger partial charge in [0.15, 0.2) is 0 Å². The van der Waals surface area contributed by atoms with Gasteiger partial charge in [0.05, 0.1) is 0 Å². The zero-order valence-corrected chi connectivity index (χ0v) is 12.8. The van der Waals surface area contributed by atoms with Crippen molar-refractivity contribution in [2.45, 2.75) is 79.6 Å². The lowest BCUT2D eigenvalue weighted by Gasteiger charge is -2.33. The first-order chi connectivity index (χ1) is 8.02. The molecule has 0 bridgehead atoms. The van der Waals surface area contributed by atoms with Crippen molar-refractivity contribution >= 4 is 0 Å². The smallest absolute Gasteiger partial charge is 0.0360 e. The molecule has 2 atom stereocenters. The van der Waals surface area contributed by atoms with Gasteiger partial charge in [-0.05, 0) is 36.0 Å². The molecule has 17 heavy (non-hydrogen) atoms. The molecule has 1 fully saturated rings. The van der Waals surface area contributed by atoms with Crippen LogP contribution in [0.25, 0.3) is 0 Å². The monoisotopic (exact) mass is 238 g/mol. The van der Waals surface area contributed by atoms with Gasteiger partial charge in [0.25, 0.3) is 0 Å². The van der Waals surface area contributed by atoms with Crippen LogP contribution in [0.2, 0.25) is 0 Å². The highest BCUT2D eigenvalue weighted by Crippen LogP contribution is 2.36. The van der Waals surface area contributed by atoms with Crippen LogP contribution < -0.4 is 0 Å². The molecular weight excluding hydrogens is 204 g/mol. The van der Waals surface area contributed by atoms with E-state index in [0.717, 1.165) is 29.6 Å². The lowest BCUT2D eigenvalue weighted by molar-refractivity contribution is 0.168. The van der Waals surface area contributed by atoms with Gasteiger partial charge in [-0.15, -0.1) is 0 Å². The van der Waals surface area contributed by atoms with Gasteiger partial charge in [0.1, 0.15) is 0 Å². The van der Waals surface area contributed by atoms with E-state index in [9.17, 15) is 0 Å². The molecule has 1 aliphatic rings. The van der Waals surface area contributed by atoms with Gasteiger partial charge < -0.3 is 0 Å². The molecule has 1 rings (SSSR count). The lowest BCUT2D eigenvalue weighted by atomic mass is 9.73. The van der Waals surface area contributed by atoms with E-state index in [1.165, 1.54) is 44.9 Å². The second-order valence-electron chi connectivity index (χ2n) is 7.10. The third-order valence-electron chi connectivity index (χ3n) is 5.16. The summed E-state index contributed by atoms with van der Waals surface area (Å²) in [6.45, 7) is 12.1. The van der Waals surface area contributed by atoms with Gasteiger partial charge >= 0.3 is 0 Å². The molecule has 0 heteroatoms. The lowest BCUT2D eigenvalue weighted by Crippen LogP contribution is -2.24. The maximum atomic E-state index is 2.48. The van der Waals surface area contributed by atoms with E-state index >= 15 is 0 Å². The van der Waals surface area contributed by atoms with Crippen LogP contribution in [0.15, 0.2) is 0 Å². The molecule has 1 saturated carbocycles. The van der Waals surface area contributed by atoms with Crippen LogP contribution in [0.1, 0.15) is 79.6 Å². The molecule has 0 aromatic heterocycles. The van der Waals surface area contributed by atoms with Gasteiger partial charge in [-0.1, -0.05) is 73.1 Å². The van der Waals surface area contributed by atoms with Crippen molar-refractivity contribution in [3.63, 3.8) is 0 Å². The SMILES string of the molecule is CC(C)C(C)C(CC1CCCCCC1)C(C)C. The summed E-state index contributed by atoms with van der Waals surface area (Å²) < 4.78 is 0. The fourth-order valence-electron chi connectivity index (χ4n) is 3.57. The predicted octanol–water partition coefficient (Wildman–Crippen LogP) is 5.91. The molecule has 0 nitrogen and oxygen atoms in total. The van der Waals surface area contributed by atoms with E-state index in [2.05, 4.69) is 34.6 Å². The number of rotatable bonds is 5. The molecule has 0 saturated heterocycles. The second kappa shape index (κ2) is 7.44. The first-order valence-corrected chi connectivity index (χ1v) is 8.02. The summed E-state index contributed by atoms with van der Waals surface area (Å²) in [5.41, 5.74) is 0. The van der Waals surface area contributed by atoms with Crippen molar-refractivity contribution in [1.82, 2.24) is 0 Å². The van der Waals surface area contributed by atoms with Crippen LogP contribution >= 0.6 is 0 Å². The Bertz CT molecular complexity index is 184. The van der Waals surface area contributed by atoms with Crippen molar-refractivity contribution in [3.05, 3.63) is 0 Å². The molecule has 0 aliphatic heterocycles. The van der Waals surface area contributed by atoms with Gasteiger partial charge in [0.2, 0.25) is 0 Å². The molecule has 0 heterocycles. The summed E-state index contributed by atoms with van der Waals surface area (Å²) in [5, 5.41) is 0. The van der Waals surface area contributed by atoms with Crippen molar-refractivity contribution in [3.8, 4) is 0 Å². The second-order valence-corrected chi connectivity index (χ2v) is 7.10. The largest absolute Gasteiger partial charge is 0.0625 e. The van der Waals surface area contributed by atoms with Gasteiger partial charge in [-0.3, -0.25) is 0 Å². The van der Waals surface area contributed by atoms with Crippen LogP contribution in [-0.2, 0) is 0 Å². The quantitative estimate of drug-likeness (QED) is 0.522. The molecule has 2 unspecified atom stereocenters. The average Bonchev–Trinajstić information content (AvgIpc) is 2.52. The van der Waals surface area contributed by atoms with E-state index in [1.807, 2.05) is 0 Å². The summed E-state index contributed by atoms with van der Waals surface area (Å²) >= 11 is 0. The highest BCUT2D eigenvalue weighted by atomic mass is 14.3. The molecule has 0 spiro atoms. The molecule has 0 aromatic rings. The van der Waals surface area contributed by atoms with E-state index in [0.29, 0.717) is 0 Å². The topological polar surface area (TPSA) is 0 Å². The third kappa shape index (κ3) is 5.02. The predicted molar refractivity (Wildman–Crippen MR) is 78.1 cm³/mol. The first kappa shape index (κ1) is 15.1. The Morgan fingerprint density at radius 3 is 1.71 bits per heavy atom. The van der Waals surface area contributed by atoms with Crippen molar-refractivity contribution in [2.24, 2.45) is 29.6 Å². The Kier molecular flexibility index (Phi) is 6.59. The maximum absolute atomic E-state index is 2.48. The first-order valence-electron chi connectivity index (χ1n) is 8.02. The van der Waals surface area contributed by atoms with Crippen LogP contribution in [0, 0.1) is 29.6 Å². The highest BCUT2D eigenvalue weighted by Gasteiger charge is 2.26. The fourth-order valence-corrected chi connectivity index (χ4v) is 3.57. The van der Waals surface area contributed by atoms with Crippen molar-refractivity contribution in [2.75, 3.05) is 0 Å². The van der Waals surface area contributed by atoms with Crippen molar-refractivity contribution < 1.29 is 0 Å². The Balaban J connectivity index is 2.52. The summed E-state index contributed by atoms with van der Waals surface area (Å²) in [5.74, 6) is 4.56. The highest BCUT2D eigenvalue weighted by molar-refractivity contribution is 4.76. The maximum Gasteiger partial charge on any atom is -0.0360 e. The Labute approximate surface area is 110 Å². The molecule has 0 N–H and O–H groups in total. The van der Waals surface area contributed by atoms with E-state index in [1.54, 1.807) is 0 Å². The minimum Gasteiger partial charge on any atom is -0.0625 e.